The van der Waals surface area contributed by atoms with Crippen molar-refractivity contribution in [2.45, 2.75) is 51.1 Å². The Labute approximate surface area is 124 Å². The van der Waals surface area contributed by atoms with E-state index in [9.17, 15) is 19.5 Å². The molecule has 0 bridgehead atoms. The second-order valence-electron chi connectivity index (χ2n) is 5.96. The van der Waals surface area contributed by atoms with Gasteiger partial charge in [-0.15, -0.1) is 0 Å². The first-order valence-electron chi connectivity index (χ1n) is 7.55. The van der Waals surface area contributed by atoms with Crippen molar-refractivity contribution in [1.82, 2.24) is 15.5 Å². The van der Waals surface area contributed by atoms with Crippen LogP contribution < -0.4 is 10.6 Å². The van der Waals surface area contributed by atoms with E-state index >= 15 is 0 Å². The first-order valence-corrected chi connectivity index (χ1v) is 7.55. The molecule has 0 aromatic carbocycles. The van der Waals surface area contributed by atoms with E-state index in [0.29, 0.717) is 5.92 Å². The lowest BCUT2D eigenvalue weighted by Crippen LogP contribution is -2.62. The molecule has 7 nitrogen and oxygen atoms in total. The molecular formula is C14H23N3O4. The lowest BCUT2D eigenvalue weighted by molar-refractivity contribution is -0.144. The monoisotopic (exact) mass is 297 g/mol. The van der Waals surface area contributed by atoms with Crippen LogP contribution in [0.1, 0.15) is 39.0 Å². The zero-order chi connectivity index (χ0) is 15.4. The average Bonchev–Trinajstić information content (AvgIpc) is 2.63. The Bertz CT molecular complexity index is 426. The SMILES string of the molecule is CC1CCCCCC1NC(=O)N1CC(=O)NCC1C(=O)O. The van der Waals surface area contributed by atoms with E-state index in [4.69, 9.17) is 0 Å². The van der Waals surface area contributed by atoms with Gasteiger partial charge in [-0.1, -0.05) is 26.2 Å². The molecule has 1 heterocycles. The number of nitrogens with one attached hydrogen (secondary N) is 2. The molecule has 118 valence electrons. The number of piperazine rings is 1. The summed E-state index contributed by atoms with van der Waals surface area (Å²) < 4.78 is 0. The summed E-state index contributed by atoms with van der Waals surface area (Å²) >= 11 is 0. The van der Waals surface area contributed by atoms with Gasteiger partial charge in [0, 0.05) is 12.6 Å². The smallest absolute Gasteiger partial charge is 0.328 e. The molecule has 2 rings (SSSR count). The van der Waals surface area contributed by atoms with Crippen molar-refractivity contribution < 1.29 is 19.5 Å². The summed E-state index contributed by atoms with van der Waals surface area (Å²) in [6.45, 7) is 1.86. The van der Waals surface area contributed by atoms with E-state index in [1.807, 2.05) is 0 Å². The maximum Gasteiger partial charge on any atom is 0.328 e. The third-order valence-corrected chi connectivity index (χ3v) is 4.40. The summed E-state index contributed by atoms with van der Waals surface area (Å²) in [5.74, 6) is -1.05. The summed E-state index contributed by atoms with van der Waals surface area (Å²) in [6.07, 6.45) is 5.37. The van der Waals surface area contributed by atoms with Gasteiger partial charge in [0.25, 0.3) is 0 Å². The summed E-state index contributed by atoms with van der Waals surface area (Å²) in [4.78, 5) is 36.1. The van der Waals surface area contributed by atoms with Gasteiger partial charge < -0.3 is 15.7 Å². The van der Waals surface area contributed by atoms with Crippen LogP contribution in [0.5, 0.6) is 0 Å². The Morgan fingerprint density at radius 2 is 2.00 bits per heavy atom. The van der Waals surface area contributed by atoms with Gasteiger partial charge in [-0.05, 0) is 18.8 Å². The van der Waals surface area contributed by atoms with Crippen LogP contribution in [0.4, 0.5) is 4.79 Å². The minimum Gasteiger partial charge on any atom is -0.480 e. The van der Waals surface area contributed by atoms with Gasteiger partial charge in [0.2, 0.25) is 5.91 Å². The van der Waals surface area contributed by atoms with E-state index in [1.165, 1.54) is 6.42 Å². The number of hydrogen-bond donors (Lipinski definition) is 3. The van der Waals surface area contributed by atoms with Crippen molar-refractivity contribution in [3.63, 3.8) is 0 Å². The maximum atomic E-state index is 12.4. The molecule has 1 saturated carbocycles. The summed E-state index contributed by atoms with van der Waals surface area (Å²) in [5.41, 5.74) is 0. The van der Waals surface area contributed by atoms with Crippen molar-refractivity contribution in [2.24, 2.45) is 5.92 Å². The number of rotatable bonds is 2. The molecular weight excluding hydrogens is 274 g/mol. The highest BCUT2D eigenvalue weighted by Crippen LogP contribution is 2.23. The second-order valence-corrected chi connectivity index (χ2v) is 5.96. The average molecular weight is 297 g/mol. The predicted molar refractivity (Wildman–Crippen MR) is 75.7 cm³/mol. The number of carboxylic acid groups (broad SMARTS) is 1. The molecule has 1 saturated heterocycles. The van der Waals surface area contributed by atoms with Gasteiger partial charge in [0.1, 0.15) is 12.6 Å². The summed E-state index contributed by atoms with van der Waals surface area (Å²) in [7, 11) is 0. The third-order valence-electron chi connectivity index (χ3n) is 4.40. The van der Waals surface area contributed by atoms with Gasteiger partial charge in [0.05, 0.1) is 0 Å². The van der Waals surface area contributed by atoms with Crippen molar-refractivity contribution in [1.29, 1.82) is 0 Å². The van der Waals surface area contributed by atoms with Crippen molar-refractivity contribution >= 4 is 17.9 Å². The fourth-order valence-electron chi connectivity index (χ4n) is 3.02. The molecule has 0 radical (unpaired) electrons. The number of hydrogen-bond acceptors (Lipinski definition) is 3. The first-order chi connectivity index (χ1) is 9.99. The fraction of sp³-hybridized carbons (Fsp3) is 0.786. The largest absolute Gasteiger partial charge is 0.480 e. The molecule has 0 aromatic rings. The molecule has 3 atom stereocenters. The highest BCUT2D eigenvalue weighted by Gasteiger charge is 2.36. The van der Waals surface area contributed by atoms with E-state index in [2.05, 4.69) is 17.6 Å². The molecule has 0 spiro atoms. The Morgan fingerprint density at radius 1 is 1.29 bits per heavy atom. The van der Waals surface area contributed by atoms with Gasteiger partial charge in [-0.25, -0.2) is 9.59 Å². The van der Waals surface area contributed by atoms with Gasteiger partial charge in [0.15, 0.2) is 0 Å². The first kappa shape index (κ1) is 15.6. The molecule has 2 fully saturated rings. The Hall–Kier alpha value is -1.79. The Morgan fingerprint density at radius 3 is 2.71 bits per heavy atom. The molecule has 3 unspecified atom stereocenters. The standard InChI is InChI=1S/C14H23N3O4/c1-9-5-3-2-4-6-10(9)16-14(21)17-8-12(18)15-7-11(17)13(19)20/h9-11H,2-8H2,1H3,(H,15,18)(H,16,21)(H,19,20). The molecule has 0 aromatic heterocycles. The van der Waals surface area contributed by atoms with E-state index < -0.39 is 18.0 Å². The highest BCUT2D eigenvalue weighted by molar-refractivity contribution is 5.90. The van der Waals surface area contributed by atoms with Crippen molar-refractivity contribution in [3.05, 3.63) is 0 Å². The van der Waals surface area contributed by atoms with E-state index in [1.54, 1.807) is 0 Å². The zero-order valence-electron chi connectivity index (χ0n) is 12.3. The van der Waals surface area contributed by atoms with Crippen LogP contribution in [0.15, 0.2) is 0 Å². The Kier molecular flexibility index (Phi) is 5.03. The van der Waals surface area contributed by atoms with Crippen LogP contribution in [0.3, 0.4) is 0 Å². The number of nitrogens with zero attached hydrogens (tertiary/aromatic N) is 1. The fourth-order valence-corrected chi connectivity index (χ4v) is 3.02. The topological polar surface area (TPSA) is 98.7 Å². The molecule has 2 aliphatic rings. The molecule has 3 N–H and O–H groups in total. The number of urea groups is 1. The lowest BCUT2D eigenvalue weighted by Gasteiger charge is -2.34. The quantitative estimate of drug-likeness (QED) is 0.648. The van der Waals surface area contributed by atoms with Gasteiger partial charge in [-0.2, -0.15) is 0 Å². The van der Waals surface area contributed by atoms with Crippen LogP contribution in [0, 0.1) is 5.92 Å². The van der Waals surface area contributed by atoms with Crippen LogP contribution in [-0.4, -0.2) is 53.1 Å². The van der Waals surface area contributed by atoms with Crippen LogP contribution in [0.25, 0.3) is 0 Å². The van der Waals surface area contributed by atoms with Crippen molar-refractivity contribution in [2.75, 3.05) is 13.1 Å². The maximum absolute atomic E-state index is 12.4. The molecule has 1 aliphatic carbocycles. The van der Waals surface area contributed by atoms with Gasteiger partial charge >= 0.3 is 12.0 Å². The third kappa shape index (κ3) is 3.86. The number of carbonyl (C=O) groups is 3. The molecule has 3 amide bonds. The number of carboxylic acids is 1. The van der Waals surface area contributed by atoms with Crippen molar-refractivity contribution in [3.8, 4) is 0 Å². The number of aliphatic carboxylic acids is 1. The van der Waals surface area contributed by atoms with Crippen LogP contribution >= 0.6 is 0 Å². The predicted octanol–water partition coefficient (Wildman–Crippen LogP) is 0.550. The molecule has 1 aliphatic heterocycles. The summed E-state index contributed by atoms with van der Waals surface area (Å²) in [6, 6.07) is -1.39. The minimum atomic E-state index is -1.10. The zero-order valence-corrected chi connectivity index (χ0v) is 12.3. The molecule has 7 heteroatoms. The normalized spacial score (nSPS) is 30.2. The van der Waals surface area contributed by atoms with Crippen LogP contribution in [-0.2, 0) is 9.59 Å². The number of carbonyl (C=O) groups excluding carboxylic acids is 2. The Balaban J connectivity index is 2.02. The van der Waals surface area contributed by atoms with Gasteiger partial charge in [-0.3, -0.25) is 9.69 Å². The molecule has 21 heavy (non-hydrogen) atoms. The number of amides is 3. The second kappa shape index (κ2) is 6.78. The highest BCUT2D eigenvalue weighted by atomic mass is 16.4. The van der Waals surface area contributed by atoms with E-state index in [-0.39, 0.29) is 25.0 Å². The lowest BCUT2D eigenvalue weighted by atomic mass is 9.97. The van der Waals surface area contributed by atoms with E-state index in [0.717, 1.165) is 30.6 Å². The minimum absolute atomic E-state index is 0.0399. The summed E-state index contributed by atoms with van der Waals surface area (Å²) in [5, 5.41) is 14.6. The van der Waals surface area contributed by atoms with Crippen LogP contribution in [0.2, 0.25) is 0 Å².